The van der Waals surface area contributed by atoms with Crippen LogP contribution in [0.2, 0.25) is 0 Å². The van der Waals surface area contributed by atoms with Gasteiger partial charge in [-0.25, -0.2) is 4.79 Å². The van der Waals surface area contributed by atoms with Gasteiger partial charge in [-0.05, 0) is 23.3 Å². The number of anilines is 1. The van der Waals surface area contributed by atoms with Gasteiger partial charge in [0.15, 0.2) is 0 Å². The van der Waals surface area contributed by atoms with Gasteiger partial charge in [-0.3, -0.25) is 4.90 Å². The van der Waals surface area contributed by atoms with Crippen molar-refractivity contribution in [3.63, 3.8) is 0 Å². The Morgan fingerprint density at radius 3 is 2.44 bits per heavy atom. The van der Waals surface area contributed by atoms with Gasteiger partial charge in [0.05, 0.1) is 6.61 Å². The molecule has 0 saturated heterocycles. The molecule has 0 radical (unpaired) electrons. The van der Waals surface area contributed by atoms with Crippen molar-refractivity contribution < 1.29 is 9.53 Å². The fourth-order valence-electron chi connectivity index (χ4n) is 1.31. The van der Waals surface area contributed by atoms with Gasteiger partial charge in [0.2, 0.25) is 0 Å². The van der Waals surface area contributed by atoms with Crippen LogP contribution in [0.1, 0.15) is 5.56 Å². The van der Waals surface area contributed by atoms with E-state index in [4.69, 9.17) is 10.5 Å². The molecule has 0 unspecified atom stereocenters. The first kappa shape index (κ1) is 12.3. The first-order valence-electron chi connectivity index (χ1n) is 4.86. The van der Waals surface area contributed by atoms with Gasteiger partial charge in [-0.15, -0.1) is 0 Å². The summed E-state index contributed by atoms with van der Waals surface area (Å²) >= 11 is 0. The monoisotopic (exact) mass is 220 g/mol. The van der Waals surface area contributed by atoms with E-state index in [9.17, 15) is 4.79 Å². The zero-order chi connectivity index (χ0) is 12.1. The third-order valence-electron chi connectivity index (χ3n) is 2.31. The van der Waals surface area contributed by atoms with E-state index in [0.29, 0.717) is 6.61 Å². The largest absolute Gasteiger partial charge is 0.380 e. The van der Waals surface area contributed by atoms with Crippen molar-refractivity contribution in [2.45, 2.75) is 0 Å². The highest BCUT2D eigenvalue weighted by Gasteiger charge is 2.06. The number of carbonyl (C=O) groups excluding carboxylic acids is 1. The lowest BCUT2D eigenvalue weighted by molar-refractivity contribution is 0.240. The van der Waals surface area contributed by atoms with E-state index in [1.54, 1.807) is 14.2 Å². The van der Waals surface area contributed by atoms with Crippen LogP contribution in [-0.2, 0) is 4.74 Å². The van der Waals surface area contributed by atoms with Crippen molar-refractivity contribution in [1.29, 1.82) is 0 Å². The predicted octanol–water partition coefficient (Wildman–Crippen LogP) is 1.86. The third-order valence-corrected chi connectivity index (χ3v) is 2.31. The first-order valence-corrected chi connectivity index (χ1v) is 4.86. The molecule has 16 heavy (non-hydrogen) atoms. The molecule has 0 bridgehead atoms. The van der Waals surface area contributed by atoms with Crippen molar-refractivity contribution >= 4 is 17.3 Å². The maximum atomic E-state index is 10.9. The second-order valence-electron chi connectivity index (χ2n) is 3.48. The molecule has 0 aliphatic heterocycles. The Morgan fingerprint density at radius 1 is 1.44 bits per heavy atom. The Hall–Kier alpha value is -1.81. The Kier molecular flexibility index (Phi) is 4.08. The molecule has 4 heteroatoms. The number of hydrogen-bond acceptors (Lipinski definition) is 2. The molecule has 0 atom stereocenters. The molecular weight excluding hydrogens is 204 g/mol. The van der Waals surface area contributed by atoms with Crippen molar-refractivity contribution in [2.75, 3.05) is 25.7 Å². The number of primary amides is 1. The summed E-state index contributed by atoms with van der Waals surface area (Å²) in [6.07, 6.45) is 0. The molecule has 0 saturated carbocycles. The zero-order valence-electron chi connectivity index (χ0n) is 9.56. The van der Waals surface area contributed by atoms with Crippen LogP contribution >= 0.6 is 0 Å². The normalized spacial score (nSPS) is 9.88. The Morgan fingerprint density at radius 2 is 2.00 bits per heavy atom. The van der Waals surface area contributed by atoms with E-state index >= 15 is 0 Å². The van der Waals surface area contributed by atoms with Crippen LogP contribution in [-0.4, -0.2) is 26.8 Å². The van der Waals surface area contributed by atoms with Crippen molar-refractivity contribution in [3.8, 4) is 0 Å². The molecule has 0 fully saturated rings. The fraction of sp³-hybridized carbons (Fsp3) is 0.250. The molecule has 0 aliphatic carbocycles. The van der Waals surface area contributed by atoms with Crippen LogP contribution in [0.4, 0.5) is 10.5 Å². The summed E-state index contributed by atoms with van der Waals surface area (Å²) in [6, 6.07) is 6.93. The maximum Gasteiger partial charge on any atom is 0.318 e. The van der Waals surface area contributed by atoms with E-state index in [1.165, 1.54) is 4.90 Å². The number of rotatable bonds is 4. The molecule has 86 valence electrons. The van der Waals surface area contributed by atoms with Gasteiger partial charge in [0.1, 0.15) is 0 Å². The number of ether oxygens (including phenoxy) is 1. The lowest BCUT2D eigenvalue weighted by atomic mass is 10.1. The minimum absolute atomic E-state index is 0.483. The molecule has 2 N–H and O–H groups in total. The quantitative estimate of drug-likeness (QED) is 0.842. The van der Waals surface area contributed by atoms with Gasteiger partial charge >= 0.3 is 6.03 Å². The zero-order valence-corrected chi connectivity index (χ0v) is 9.56. The summed E-state index contributed by atoms with van der Waals surface area (Å²) in [5.74, 6) is 0. The van der Waals surface area contributed by atoms with Crippen LogP contribution in [0, 0.1) is 0 Å². The van der Waals surface area contributed by atoms with Gasteiger partial charge in [-0.2, -0.15) is 0 Å². The SMILES string of the molecule is C=C(COC)c1ccc(N(C)C(N)=O)cc1. The number of amides is 2. The number of carbonyl (C=O) groups is 1. The minimum Gasteiger partial charge on any atom is -0.380 e. The summed E-state index contributed by atoms with van der Waals surface area (Å²) in [5.41, 5.74) is 7.80. The van der Waals surface area contributed by atoms with Gasteiger partial charge < -0.3 is 10.5 Å². The van der Waals surface area contributed by atoms with E-state index in [-0.39, 0.29) is 0 Å². The Balaban J connectivity index is 2.83. The van der Waals surface area contributed by atoms with Crippen LogP contribution in [0.25, 0.3) is 5.57 Å². The summed E-state index contributed by atoms with van der Waals surface area (Å²) in [7, 11) is 3.25. The standard InChI is InChI=1S/C12H16N2O2/c1-9(8-16-3)10-4-6-11(7-5-10)14(2)12(13)15/h4-7H,1,8H2,2-3H3,(H2,13,15). The number of hydrogen-bond donors (Lipinski definition) is 1. The van der Waals surface area contributed by atoms with Crippen molar-refractivity contribution in [2.24, 2.45) is 5.73 Å². The topological polar surface area (TPSA) is 55.6 Å². The number of methoxy groups -OCH3 is 1. The molecule has 0 aliphatic rings. The summed E-state index contributed by atoms with van der Waals surface area (Å²) in [6.45, 7) is 4.39. The minimum atomic E-state index is -0.483. The smallest absolute Gasteiger partial charge is 0.318 e. The predicted molar refractivity (Wildman–Crippen MR) is 65.3 cm³/mol. The van der Waals surface area contributed by atoms with Crippen LogP contribution < -0.4 is 10.6 Å². The van der Waals surface area contributed by atoms with Gasteiger partial charge in [0.25, 0.3) is 0 Å². The molecule has 1 rings (SSSR count). The second kappa shape index (κ2) is 5.32. The molecule has 0 aromatic heterocycles. The van der Waals surface area contributed by atoms with E-state index in [2.05, 4.69) is 6.58 Å². The number of nitrogens with zero attached hydrogens (tertiary/aromatic N) is 1. The van der Waals surface area contributed by atoms with Crippen molar-refractivity contribution in [3.05, 3.63) is 36.4 Å². The van der Waals surface area contributed by atoms with E-state index in [1.807, 2.05) is 24.3 Å². The molecule has 1 aromatic rings. The summed E-state index contributed by atoms with van der Waals surface area (Å²) in [5, 5.41) is 0. The number of nitrogens with two attached hydrogens (primary N) is 1. The third kappa shape index (κ3) is 2.84. The molecule has 1 aromatic carbocycles. The first-order chi connectivity index (χ1) is 7.56. The molecule has 0 heterocycles. The fourth-order valence-corrected chi connectivity index (χ4v) is 1.31. The average molecular weight is 220 g/mol. The molecule has 4 nitrogen and oxygen atoms in total. The highest BCUT2D eigenvalue weighted by molar-refractivity contribution is 5.90. The number of benzene rings is 1. The second-order valence-corrected chi connectivity index (χ2v) is 3.48. The van der Waals surface area contributed by atoms with Crippen LogP contribution in [0.15, 0.2) is 30.8 Å². The summed E-state index contributed by atoms with van der Waals surface area (Å²) < 4.78 is 4.99. The number of urea groups is 1. The lowest BCUT2D eigenvalue weighted by Crippen LogP contribution is -2.31. The summed E-state index contributed by atoms with van der Waals surface area (Å²) in [4.78, 5) is 12.3. The van der Waals surface area contributed by atoms with E-state index < -0.39 is 6.03 Å². The van der Waals surface area contributed by atoms with E-state index in [0.717, 1.165) is 16.8 Å². The highest BCUT2D eigenvalue weighted by atomic mass is 16.5. The maximum absolute atomic E-state index is 10.9. The van der Waals surface area contributed by atoms with Crippen molar-refractivity contribution in [1.82, 2.24) is 0 Å². The van der Waals surface area contributed by atoms with Gasteiger partial charge in [0, 0.05) is 19.8 Å². The molecule has 2 amide bonds. The average Bonchev–Trinajstić information content (AvgIpc) is 2.28. The molecule has 0 spiro atoms. The molecular formula is C12H16N2O2. The lowest BCUT2D eigenvalue weighted by Gasteiger charge is -2.14. The Labute approximate surface area is 95.3 Å². The Bertz CT molecular complexity index is 385. The van der Waals surface area contributed by atoms with Crippen LogP contribution in [0.3, 0.4) is 0 Å². The van der Waals surface area contributed by atoms with Gasteiger partial charge in [-0.1, -0.05) is 18.7 Å². The highest BCUT2D eigenvalue weighted by Crippen LogP contribution is 2.18. The van der Waals surface area contributed by atoms with Crippen LogP contribution in [0.5, 0.6) is 0 Å².